The monoisotopic (exact) mass is 327 g/mol. The number of aromatic nitrogens is 1. The van der Waals surface area contributed by atoms with E-state index in [1.807, 2.05) is 30.3 Å². The van der Waals surface area contributed by atoms with E-state index in [4.69, 9.17) is 10.5 Å². The van der Waals surface area contributed by atoms with Crippen molar-refractivity contribution in [1.82, 2.24) is 9.88 Å². The summed E-state index contributed by atoms with van der Waals surface area (Å²) in [5, 5.41) is 0.934. The first-order chi connectivity index (χ1) is 11.6. The number of methoxy groups -OCH3 is 1. The normalized spacial score (nSPS) is 21.0. The summed E-state index contributed by atoms with van der Waals surface area (Å²) < 4.78 is 5.44. The van der Waals surface area contributed by atoms with Crippen molar-refractivity contribution in [1.29, 1.82) is 0 Å². The van der Waals surface area contributed by atoms with Crippen molar-refractivity contribution in [2.45, 2.75) is 18.9 Å². The predicted molar refractivity (Wildman–Crippen MR) is 90.4 cm³/mol. The molecule has 3 rings (SSSR count). The Balaban J connectivity index is 1.79. The first-order valence-corrected chi connectivity index (χ1v) is 8.03. The minimum atomic E-state index is -0.372. The van der Waals surface area contributed by atoms with Gasteiger partial charge in [0.15, 0.2) is 0 Å². The number of piperidine rings is 1. The van der Waals surface area contributed by atoms with E-state index in [1.54, 1.807) is 18.2 Å². The minimum absolute atomic E-state index is 0.0451. The van der Waals surface area contributed by atoms with Crippen LogP contribution >= 0.6 is 0 Å². The summed E-state index contributed by atoms with van der Waals surface area (Å²) in [6, 6.07) is 9.55. The van der Waals surface area contributed by atoms with E-state index in [-0.39, 0.29) is 30.3 Å². The van der Waals surface area contributed by atoms with Gasteiger partial charge in [-0.25, -0.2) is 0 Å². The molecule has 0 saturated carbocycles. The lowest BCUT2D eigenvalue weighted by atomic mass is 9.91. The van der Waals surface area contributed by atoms with E-state index in [1.165, 1.54) is 0 Å². The lowest BCUT2D eigenvalue weighted by Crippen LogP contribution is -2.47. The van der Waals surface area contributed by atoms with Gasteiger partial charge in [0, 0.05) is 44.1 Å². The summed E-state index contributed by atoms with van der Waals surface area (Å²) in [6.07, 6.45) is 2.48. The molecule has 2 amide bonds. The fourth-order valence-corrected chi connectivity index (χ4v) is 3.33. The van der Waals surface area contributed by atoms with Crippen molar-refractivity contribution in [2.75, 3.05) is 20.2 Å². The van der Waals surface area contributed by atoms with Gasteiger partial charge in [-0.3, -0.25) is 14.6 Å². The number of fused-ring (bicyclic) bond motifs is 1. The molecule has 0 unspecified atom stereocenters. The molecular formula is C18H21N3O3. The Morgan fingerprint density at radius 3 is 2.92 bits per heavy atom. The number of rotatable bonds is 4. The lowest BCUT2D eigenvalue weighted by Gasteiger charge is -2.37. The van der Waals surface area contributed by atoms with Crippen LogP contribution in [0.3, 0.4) is 0 Å². The molecule has 6 heteroatoms. The second kappa shape index (κ2) is 6.97. The van der Waals surface area contributed by atoms with Crippen molar-refractivity contribution >= 4 is 22.7 Å². The standard InChI is InChI=1S/C18H21N3O3/c1-24-16-6-7-21(11-14(16)9-17(19)22)18(23)13-8-12-4-2-3-5-15(12)20-10-13/h2-5,8,10,14,16H,6-7,9,11H2,1H3,(H2,19,22)/t14-,16-/m1/s1. The summed E-state index contributed by atoms with van der Waals surface area (Å²) in [6.45, 7) is 1.06. The fraction of sp³-hybridized carbons (Fsp3) is 0.389. The van der Waals surface area contributed by atoms with Crippen LogP contribution in [0.5, 0.6) is 0 Å². The average molecular weight is 327 g/mol. The van der Waals surface area contributed by atoms with Gasteiger partial charge in [0.25, 0.3) is 5.91 Å². The summed E-state index contributed by atoms with van der Waals surface area (Å²) >= 11 is 0. The Hall–Kier alpha value is -2.47. The number of pyridine rings is 1. The lowest BCUT2D eigenvalue weighted by molar-refractivity contribution is -0.121. The number of nitrogens with zero attached hydrogens (tertiary/aromatic N) is 2. The summed E-state index contributed by atoms with van der Waals surface area (Å²) in [7, 11) is 1.63. The zero-order valence-corrected chi connectivity index (χ0v) is 13.6. The number of ether oxygens (including phenoxy) is 1. The first kappa shape index (κ1) is 16.4. The third-order valence-corrected chi connectivity index (χ3v) is 4.55. The van der Waals surface area contributed by atoms with Gasteiger partial charge in [0.05, 0.1) is 17.2 Å². The molecule has 2 heterocycles. The summed E-state index contributed by atoms with van der Waals surface area (Å²) in [5.41, 5.74) is 6.74. The Morgan fingerprint density at radius 1 is 1.38 bits per heavy atom. The molecule has 1 saturated heterocycles. The average Bonchev–Trinajstić information content (AvgIpc) is 2.60. The second-order valence-electron chi connectivity index (χ2n) is 6.16. The molecule has 1 aliphatic rings. The number of primary amides is 1. The van der Waals surface area contributed by atoms with Crippen LogP contribution in [0.25, 0.3) is 10.9 Å². The largest absolute Gasteiger partial charge is 0.381 e. The van der Waals surface area contributed by atoms with Crippen LogP contribution in [0.15, 0.2) is 36.5 Å². The number of amides is 2. The van der Waals surface area contributed by atoms with Gasteiger partial charge in [-0.1, -0.05) is 18.2 Å². The number of carbonyl (C=O) groups excluding carboxylic acids is 2. The Bertz CT molecular complexity index is 762. The maximum atomic E-state index is 12.8. The summed E-state index contributed by atoms with van der Waals surface area (Å²) in [5.74, 6) is -0.514. The Morgan fingerprint density at radius 2 is 2.17 bits per heavy atom. The zero-order chi connectivity index (χ0) is 17.1. The molecule has 0 aliphatic carbocycles. The molecule has 0 bridgehead atoms. The smallest absolute Gasteiger partial charge is 0.255 e. The van der Waals surface area contributed by atoms with E-state index >= 15 is 0 Å². The van der Waals surface area contributed by atoms with Crippen LogP contribution in [0.1, 0.15) is 23.2 Å². The maximum Gasteiger partial charge on any atom is 0.255 e. The van der Waals surface area contributed by atoms with E-state index in [2.05, 4.69) is 4.98 Å². The third-order valence-electron chi connectivity index (χ3n) is 4.55. The number of benzene rings is 1. The molecule has 6 nitrogen and oxygen atoms in total. The van der Waals surface area contributed by atoms with E-state index in [0.717, 1.165) is 10.9 Å². The number of para-hydroxylation sites is 1. The molecule has 24 heavy (non-hydrogen) atoms. The van der Waals surface area contributed by atoms with E-state index in [9.17, 15) is 9.59 Å². The SMILES string of the molecule is CO[C@@H]1CCN(C(=O)c2cnc3ccccc3c2)C[C@H]1CC(N)=O. The quantitative estimate of drug-likeness (QED) is 0.924. The fourth-order valence-electron chi connectivity index (χ4n) is 3.33. The highest BCUT2D eigenvalue weighted by Crippen LogP contribution is 2.24. The molecule has 0 radical (unpaired) electrons. The van der Waals surface area contributed by atoms with Crippen LogP contribution in [-0.4, -0.2) is 48.0 Å². The van der Waals surface area contributed by atoms with Crippen molar-refractivity contribution in [3.63, 3.8) is 0 Å². The van der Waals surface area contributed by atoms with Gasteiger partial charge >= 0.3 is 0 Å². The minimum Gasteiger partial charge on any atom is -0.381 e. The van der Waals surface area contributed by atoms with Gasteiger partial charge in [-0.05, 0) is 18.6 Å². The molecule has 1 aromatic heterocycles. The van der Waals surface area contributed by atoms with Crippen LogP contribution in [0.2, 0.25) is 0 Å². The van der Waals surface area contributed by atoms with Crippen molar-refractivity contribution in [3.05, 3.63) is 42.1 Å². The Kier molecular flexibility index (Phi) is 4.76. The molecule has 2 atom stereocenters. The van der Waals surface area contributed by atoms with Crippen LogP contribution in [-0.2, 0) is 9.53 Å². The van der Waals surface area contributed by atoms with Crippen molar-refractivity contribution < 1.29 is 14.3 Å². The number of carbonyl (C=O) groups is 2. The second-order valence-corrected chi connectivity index (χ2v) is 6.16. The van der Waals surface area contributed by atoms with Crippen LogP contribution in [0, 0.1) is 5.92 Å². The molecule has 2 aromatic rings. The molecule has 2 N–H and O–H groups in total. The number of hydrogen-bond acceptors (Lipinski definition) is 4. The zero-order valence-electron chi connectivity index (χ0n) is 13.6. The molecular weight excluding hydrogens is 306 g/mol. The first-order valence-electron chi connectivity index (χ1n) is 8.03. The topological polar surface area (TPSA) is 85.5 Å². The summed E-state index contributed by atoms with van der Waals surface area (Å²) in [4.78, 5) is 30.2. The number of hydrogen-bond donors (Lipinski definition) is 1. The number of nitrogens with two attached hydrogens (primary N) is 1. The van der Waals surface area contributed by atoms with E-state index in [0.29, 0.717) is 25.1 Å². The van der Waals surface area contributed by atoms with Gasteiger partial charge in [-0.2, -0.15) is 0 Å². The highest BCUT2D eigenvalue weighted by molar-refractivity contribution is 5.97. The molecule has 1 fully saturated rings. The number of likely N-dealkylation sites (tertiary alicyclic amines) is 1. The maximum absolute atomic E-state index is 12.8. The van der Waals surface area contributed by atoms with Gasteiger partial charge in [0.2, 0.25) is 5.91 Å². The van der Waals surface area contributed by atoms with Crippen molar-refractivity contribution in [2.24, 2.45) is 11.7 Å². The Labute approximate surface area is 140 Å². The van der Waals surface area contributed by atoms with Gasteiger partial charge < -0.3 is 15.4 Å². The molecule has 1 aliphatic heterocycles. The van der Waals surface area contributed by atoms with Crippen molar-refractivity contribution in [3.8, 4) is 0 Å². The predicted octanol–water partition coefficient (Wildman–Crippen LogP) is 1.59. The molecule has 126 valence electrons. The van der Waals surface area contributed by atoms with Crippen LogP contribution < -0.4 is 5.73 Å². The third kappa shape index (κ3) is 3.38. The highest BCUT2D eigenvalue weighted by atomic mass is 16.5. The van der Waals surface area contributed by atoms with Crippen LogP contribution in [0.4, 0.5) is 0 Å². The van der Waals surface area contributed by atoms with Gasteiger partial charge in [0.1, 0.15) is 0 Å². The molecule has 0 spiro atoms. The highest BCUT2D eigenvalue weighted by Gasteiger charge is 2.33. The molecule has 1 aromatic carbocycles. The van der Waals surface area contributed by atoms with Gasteiger partial charge in [-0.15, -0.1) is 0 Å². The van der Waals surface area contributed by atoms with E-state index < -0.39 is 0 Å².